The predicted octanol–water partition coefficient (Wildman–Crippen LogP) is 2.55. The van der Waals surface area contributed by atoms with Crippen molar-refractivity contribution in [2.24, 2.45) is 0 Å². The normalized spacial score (nSPS) is 14.1. The minimum atomic E-state index is 0.594. The van der Waals surface area contributed by atoms with Crippen LogP contribution in [0.4, 0.5) is 17.5 Å². The van der Waals surface area contributed by atoms with Crippen LogP contribution in [0.15, 0.2) is 41.3 Å². The van der Waals surface area contributed by atoms with Gasteiger partial charge < -0.3 is 24.8 Å². The van der Waals surface area contributed by atoms with Crippen LogP contribution < -0.4 is 20.3 Å². The zero-order valence-electron chi connectivity index (χ0n) is 17.3. The predicted molar refractivity (Wildman–Crippen MR) is 117 cm³/mol. The van der Waals surface area contributed by atoms with Gasteiger partial charge in [-0.3, -0.25) is 4.98 Å². The van der Waals surface area contributed by atoms with Crippen molar-refractivity contribution in [3.63, 3.8) is 0 Å². The van der Waals surface area contributed by atoms with E-state index in [4.69, 9.17) is 19.2 Å². The molecule has 5 rings (SSSR count). The summed E-state index contributed by atoms with van der Waals surface area (Å²) < 4.78 is 10.7. The molecule has 0 bridgehead atoms. The van der Waals surface area contributed by atoms with Crippen molar-refractivity contribution in [3.05, 3.63) is 42.5 Å². The second kappa shape index (κ2) is 8.15. The second-order valence-corrected chi connectivity index (χ2v) is 7.22. The minimum absolute atomic E-state index is 0.594. The molecule has 10 nitrogen and oxygen atoms in total. The van der Waals surface area contributed by atoms with Crippen molar-refractivity contribution >= 4 is 28.4 Å². The first-order chi connectivity index (χ1) is 15.2. The summed E-state index contributed by atoms with van der Waals surface area (Å²) in [4.78, 5) is 20.6. The fourth-order valence-corrected chi connectivity index (χ4v) is 3.62. The van der Waals surface area contributed by atoms with Crippen LogP contribution in [0.2, 0.25) is 0 Å². The number of pyridine rings is 2. The monoisotopic (exact) mass is 418 g/mol. The number of hydrogen-bond acceptors (Lipinski definition) is 10. The number of nitrogens with zero attached hydrogens (tertiary/aromatic N) is 6. The van der Waals surface area contributed by atoms with E-state index < -0.39 is 0 Å². The maximum Gasteiger partial charge on any atom is 0.175 e. The Hall–Kier alpha value is -3.79. The van der Waals surface area contributed by atoms with E-state index in [2.05, 4.69) is 30.7 Å². The number of ether oxygens (including phenoxy) is 1. The standard InChI is InChI=1S/C21H22N8O2/c1-13-9-18(28-31-13)26-17-10-14(3-4-24-17)20-25-15-11-23-12-16(30-2)19(15)21(27-20)29-7-5-22-6-8-29/h3-4,9-12,22H,5-8H2,1-2H3,(H,24,26,28). The maximum absolute atomic E-state index is 5.57. The van der Waals surface area contributed by atoms with Crippen LogP contribution in [0.1, 0.15) is 5.76 Å². The first kappa shape index (κ1) is 19.2. The molecule has 0 aliphatic carbocycles. The summed E-state index contributed by atoms with van der Waals surface area (Å²) in [5.41, 5.74) is 1.56. The average Bonchev–Trinajstić information content (AvgIpc) is 3.23. The highest BCUT2D eigenvalue weighted by molar-refractivity contribution is 5.95. The lowest BCUT2D eigenvalue weighted by molar-refractivity contribution is 0.400. The quantitative estimate of drug-likeness (QED) is 0.501. The van der Waals surface area contributed by atoms with Crippen molar-refractivity contribution in [1.29, 1.82) is 0 Å². The first-order valence-corrected chi connectivity index (χ1v) is 10.0. The SMILES string of the molecule is COc1cncc2nc(-c3ccnc(Nc4cc(C)on4)c3)nc(N3CCNCC3)c12. The Morgan fingerprint density at radius 3 is 2.77 bits per heavy atom. The van der Waals surface area contributed by atoms with Gasteiger partial charge in [-0.25, -0.2) is 15.0 Å². The summed E-state index contributed by atoms with van der Waals surface area (Å²) in [5, 5.41) is 11.4. The number of hydrogen-bond donors (Lipinski definition) is 2. The third kappa shape index (κ3) is 3.84. The van der Waals surface area contributed by atoms with E-state index in [0.29, 0.717) is 23.2 Å². The third-order valence-corrected chi connectivity index (χ3v) is 5.09. The van der Waals surface area contributed by atoms with Crippen molar-refractivity contribution in [3.8, 4) is 17.1 Å². The van der Waals surface area contributed by atoms with Gasteiger partial charge in [-0.2, -0.15) is 0 Å². The summed E-state index contributed by atoms with van der Waals surface area (Å²) in [5.74, 6) is 4.05. The van der Waals surface area contributed by atoms with E-state index in [-0.39, 0.29) is 0 Å². The zero-order chi connectivity index (χ0) is 21.2. The highest BCUT2D eigenvalue weighted by Gasteiger charge is 2.20. The van der Waals surface area contributed by atoms with Gasteiger partial charge in [0.25, 0.3) is 0 Å². The third-order valence-electron chi connectivity index (χ3n) is 5.09. The average molecular weight is 418 g/mol. The highest BCUT2D eigenvalue weighted by Crippen LogP contribution is 2.34. The van der Waals surface area contributed by atoms with Gasteiger partial charge in [0.1, 0.15) is 23.1 Å². The molecule has 10 heteroatoms. The lowest BCUT2D eigenvalue weighted by atomic mass is 10.2. The summed E-state index contributed by atoms with van der Waals surface area (Å²) in [6.07, 6.45) is 5.16. The Labute approximate surface area is 178 Å². The highest BCUT2D eigenvalue weighted by atomic mass is 16.5. The van der Waals surface area contributed by atoms with Gasteiger partial charge in [-0.1, -0.05) is 5.16 Å². The van der Waals surface area contributed by atoms with Crippen LogP contribution in [-0.2, 0) is 0 Å². The van der Waals surface area contributed by atoms with Crippen molar-refractivity contribution in [1.82, 2.24) is 30.4 Å². The van der Waals surface area contributed by atoms with Gasteiger partial charge in [-0.05, 0) is 19.1 Å². The Kier molecular flexibility index (Phi) is 5.04. The van der Waals surface area contributed by atoms with Crippen molar-refractivity contribution < 1.29 is 9.26 Å². The number of methoxy groups -OCH3 is 1. The van der Waals surface area contributed by atoms with E-state index in [1.165, 1.54) is 0 Å². The largest absolute Gasteiger partial charge is 0.494 e. The van der Waals surface area contributed by atoms with Gasteiger partial charge in [0.15, 0.2) is 11.6 Å². The molecule has 158 valence electrons. The van der Waals surface area contributed by atoms with E-state index in [1.54, 1.807) is 31.8 Å². The number of piperazine rings is 1. The molecule has 2 N–H and O–H groups in total. The van der Waals surface area contributed by atoms with Crippen LogP contribution >= 0.6 is 0 Å². The van der Waals surface area contributed by atoms with Crippen molar-refractivity contribution in [2.75, 3.05) is 43.5 Å². The topological polar surface area (TPSA) is 114 Å². The number of aromatic nitrogens is 5. The molecule has 0 amide bonds. The van der Waals surface area contributed by atoms with Crippen LogP contribution in [0.25, 0.3) is 22.3 Å². The van der Waals surface area contributed by atoms with Crippen LogP contribution in [0.3, 0.4) is 0 Å². The number of aryl methyl sites for hydroxylation is 1. The molecule has 1 fully saturated rings. The number of nitrogens with one attached hydrogen (secondary N) is 2. The Morgan fingerprint density at radius 1 is 1.13 bits per heavy atom. The van der Waals surface area contributed by atoms with Gasteiger partial charge in [0.05, 0.1) is 30.4 Å². The minimum Gasteiger partial charge on any atom is -0.494 e. The maximum atomic E-state index is 5.57. The Morgan fingerprint density at radius 2 is 2.00 bits per heavy atom. The molecule has 4 aromatic rings. The molecular formula is C21H22N8O2. The van der Waals surface area contributed by atoms with E-state index in [9.17, 15) is 0 Å². The van der Waals surface area contributed by atoms with Crippen LogP contribution in [0.5, 0.6) is 5.75 Å². The molecule has 0 atom stereocenters. The molecule has 0 saturated carbocycles. The van der Waals surface area contributed by atoms with Crippen LogP contribution in [0, 0.1) is 6.92 Å². The lowest BCUT2D eigenvalue weighted by Crippen LogP contribution is -2.44. The van der Waals surface area contributed by atoms with Crippen molar-refractivity contribution in [2.45, 2.75) is 6.92 Å². The smallest absolute Gasteiger partial charge is 0.175 e. The summed E-state index contributed by atoms with van der Waals surface area (Å²) in [6.45, 7) is 5.34. The Bertz CT molecular complexity index is 1220. The fourth-order valence-electron chi connectivity index (χ4n) is 3.62. The summed E-state index contributed by atoms with van der Waals surface area (Å²) in [7, 11) is 1.64. The second-order valence-electron chi connectivity index (χ2n) is 7.22. The zero-order valence-corrected chi connectivity index (χ0v) is 17.3. The van der Waals surface area contributed by atoms with Gasteiger partial charge >= 0.3 is 0 Å². The molecule has 1 saturated heterocycles. The fraction of sp³-hybridized carbons (Fsp3) is 0.286. The number of fused-ring (bicyclic) bond motifs is 1. The molecule has 31 heavy (non-hydrogen) atoms. The van der Waals surface area contributed by atoms with Crippen LogP contribution in [-0.4, -0.2) is 58.4 Å². The molecule has 5 heterocycles. The van der Waals surface area contributed by atoms with E-state index in [1.807, 2.05) is 19.1 Å². The number of anilines is 3. The molecule has 4 aromatic heterocycles. The lowest BCUT2D eigenvalue weighted by Gasteiger charge is -2.29. The molecule has 1 aliphatic heterocycles. The Balaban J connectivity index is 1.59. The molecule has 0 spiro atoms. The molecule has 1 aliphatic rings. The molecule has 0 aromatic carbocycles. The number of rotatable bonds is 5. The van der Waals surface area contributed by atoms with E-state index >= 15 is 0 Å². The first-order valence-electron chi connectivity index (χ1n) is 10.0. The molecular weight excluding hydrogens is 396 g/mol. The van der Waals surface area contributed by atoms with E-state index in [0.717, 1.165) is 54.2 Å². The summed E-state index contributed by atoms with van der Waals surface area (Å²) in [6, 6.07) is 5.58. The molecule has 0 radical (unpaired) electrons. The van der Waals surface area contributed by atoms with Gasteiger partial charge in [0.2, 0.25) is 0 Å². The van der Waals surface area contributed by atoms with Gasteiger partial charge in [-0.15, -0.1) is 0 Å². The summed E-state index contributed by atoms with van der Waals surface area (Å²) >= 11 is 0. The molecule has 0 unspecified atom stereocenters. The van der Waals surface area contributed by atoms with Gasteiger partial charge in [0, 0.05) is 44.0 Å².